The predicted octanol–water partition coefficient (Wildman–Crippen LogP) is 4.17. The Morgan fingerprint density at radius 2 is 1.66 bits per heavy atom. The fourth-order valence-electron chi connectivity index (χ4n) is 3.29. The van der Waals surface area contributed by atoms with Gasteiger partial charge < -0.3 is 10.2 Å². The summed E-state index contributed by atoms with van der Waals surface area (Å²) < 4.78 is 14.2. The quantitative estimate of drug-likeness (QED) is 0.725. The number of amides is 2. The molecule has 0 radical (unpaired) electrons. The molecule has 0 aliphatic rings. The summed E-state index contributed by atoms with van der Waals surface area (Å²) in [4.78, 5) is 27.3. The van der Waals surface area contributed by atoms with Crippen LogP contribution in [0.1, 0.15) is 43.0 Å². The number of nitrogens with zero attached hydrogens (tertiary/aromatic N) is 1. The molecule has 0 bridgehead atoms. The molecule has 156 valence electrons. The fourth-order valence-corrected chi connectivity index (χ4v) is 3.29. The van der Waals surface area contributed by atoms with E-state index in [1.165, 1.54) is 11.0 Å². The summed E-state index contributed by atoms with van der Waals surface area (Å²) in [7, 11) is 0. The molecule has 1 atom stereocenters. The topological polar surface area (TPSA) is 49.4 Å². The normalized spacial score (nSPS) is 12.0. The summed E-state index contributed by atoms with van der Waals surface area (Å²) in [5.74, 6) is -0.516. The SMILES string of the molecule is Cc1cc(C)cc(CC(=O)N(Cc2ccccc2F)[C@@H](C)C(=O)NCC(C)C)c1. The first-order chi connectivity index (χ1) is 13.7. The van der Waals surface area contributed by atoms with Gasteiger partial charge in [-0.15, -0.1) is 0 Å². The summed E-state index contributed by atoms with van der Waals surface area (Å²) in [6.45, 7) is 10.3. The number of carbonyl (C=O) groups excluding carboxylic acids is 2. The summed E-state index contributed by atoms with van der Waals surface area (Å²) >= 11 is 0. The molecule has 29 heavy (non-hydrogen) atoms. The van der Waals surface area contributed by atoms with Crippen molar-refractivity contribution in [3.05, 3.63) is 70.5 Å². The highest BCUT2D eigenvalue weighted by Crippen LogP contribution is 2.16. The first kappa shape index (κ1) is 22.6. The summed E-state index contributed by atoms with van der Waals surface area (Å²) in [6, 6.07) is 11.6. The van der Waals surface area contributed by atoms with Gasteiger partial charge in [0.15, 0.2) is 0 Å². The molecular formula is C24H31FN2O2. The van der Waals surface area contributed by atoms with Gasteiger partial charge in [0, 0.05) is 18.7 Å². The Labute approximate surface area is 173 Å². The van der Waals surface area contributed by atoms with Crippen molar-refractivity contribution in [2.75, 3.05) is 6.54 Å². The van der Waals surface area contributed by atoms with Gasteiger partial charge in [-0.25, -0.2) is 4.39 Å². The van der Waals surface area contributed by atoms with Crippen LogP contribution in [0.5, 0.6) is 0 Å². The van der Waals surface area contributed by atoms with Gasteiger partial charge in [0.2, 0.25) is 11.8 Å². The third-order valence-corrected chi connectivity index (χ3v) is 4.79. The van der Waals surface area contributed by atoms with E-state index >= 15 is 0 Å². The summed E-state index contributed by atoms with van der Waals surface area (Å²) in [6.07, 6.45) is 0.165. The maximum Gasteiger partial charge on any atom is 0.242 e. The molecule has 0 aromatic heterocycles. The maximum atomic E-state index is 14.2. The van der Waals surface area contributed by atoms with E-state index in [-0.39, 0.29) is 30.6 Å². The molecule has 2 aromatic rings. The maximum absolute atomic E-state index is 14.2. The van der Waals surface area contributed by atoms with Crippen molar-refractivity contribution in [3.63, 3.8) is 0 Å². The Morgan fingerprint density at radius 1 is 1.03 bits per heavy atom. The van der Waals surface area contributed by atoms with Crippen LogP contribution >= 0.6 is 0 Å². The van der Waals surface area contributed by atoms with Crippen LogP contribution in [0.25, 0.3) is 0 Å². The largest absolute Gasteiger partial charge is 0.354 e. The van der Waals surface area contributed by atoms with Crippen LogP contribution in [0.15, 0.2) is 42.5 Å². The van der Waals surface area contributed by atoms with Crippen molar-refractivity contribution in [2.24, 2.45) is 5.92 Å². The van der Waals surface area contributed by atoms with Crippen LogP contribution < -0.4 is 5.32 Å². The molecule has 0 unspecified atom stereocenters. The molecule has 1 N–H and O–H groups in total. The van der Waals surface area contributed by atoms with Crippen molar-refractivity contribution in [1.82, 2.24) is 10.2 Å². The average Bonchev–Trinajstić information content (AvgIpc) is 2.63. The first-order valence-corrected chi connectivity index (χ1v) is 10.0. The van der Waals surface area contributed by atoms with Gasteiger partial charge >= 0.3 is 0 Å². The van der Waals surface area contributed by atoms with Gasteiger partial charge in [-0.3, -0.25) is 9.59 Å². The zero-order chi connectivity index (χ0) is 21.6. The molecule has 2 amide bonds. The van der Waals surface area contributed by atoms with Crippen LogP contribution in [0.2, 0.25) is 0 Å². The van der Waals surface area contributed by atoms with Crippen LogP contribution in [0.4, 0.5) is 4.39 Å². The van der Waals surface area contributed by atoms with Crippen molar-refractivity contribution in [3.8, 4) is 0 Å². The van der Waals surface area contributed by atoms with E-state index in [0.29, 0.717) is 18.0 Å². The van der Waals surface area contributed by atoms with Crippen molar-refractivity contribution in [1.29, 1.82) is 0 Å². The van der Waals surface area contributed by atoms with E-state index in [2.05, 4.69) is 5.32 Å². The summed E-state index contributed by atoms with van der Waals surface area (Å²) in [5, 5.41) is 2.87. The monoisotopic (exact) mass is 398 g/mol. The van der Waals surface area contributed by atoms with E-state index in [0.717, 1.165) is 16.7 Å². The van der Waals surface area contributed by atoms with Gasteiger partial charge in [0.05, 0.1) is 6.42 Å². The zero-order valence-corrected chi connectivity index (χ0v) is 18.0. The fraction of sp³-hybridized carbons (Fsp3) is 0.417. The van der Waals surface area contributed by atoms with Crippen molar-refractivity contribution in [2.45, 2.75) is 53.6 Å². The number of rotatable bonds is 8. The van der Waals surface area contributed by atoms with Gasteiger partial charge in [0.25, 0.3) is 0 Å². The minimum Gasteiger partial charge on any atom is -0.354 e. The molecule has 0 saturated heterocycles. The molecule has 0 aliphatic heterocycles. The van der Waals surface area contributed by atoms with Crippen molar-refractivity contribution < 1.29 is 14.0 Å². The summed E-state index contributed by atoms with van der Waals surface area (Å²) in [5.41, 5.74) is 3.44. The molecule has 2 rings (SSSR count). The van der Waals surface area contributed by atoms with Crippen LogP contribution in [0, 0.1) is 25.6 Å². The zero-order valence-electron chi connectivity index (χ0n) is 18.0. The lowest BCUT2D eigenvalue weighted by Crippen LogP contribution is -2.48. The highest BCUT2D eigenvalue weighted by Gasteiger charge is 2.27. The lowest BCUT2D eigenvalue weighted by molar-refractivity contribution is -0.140. The number of halogens is 1. The second-order valence-electron chi connectivity index (χ2n) is 8.10. The van der Waals surface area contributed by atoms with Gasteiger partial charge in [-0.2, -0.15) is 0 Å². The Bertz CT molecular complexity index is 843. The van der Waals surface area contributed by atoms with Gasteiger partial charge in [-0.1, -0.05) is 61.4 Å². The van der Waals surface area contributed by atoms with Crippen LogP contribution in [0.3, 0.4) is 0 Å². The molecule has 5 heteroatoms. The number of aryl methyl sites for hydroxylation is 2. The van der Waals surface area contributed by atoms with E-state index in [1.54, 1.807) is 25.1 Å². The van der Waals surface area contributed by atoms with Crippen molar-refractivity contribution >= 4 is 11.8 Å². The molecule has 4 nitrogen and oxygen atoms in total. The first-order valence-electron chi connectivity index (χ1n) is 10.0. The number of benzene rings is 2. The Hall–Kier alpha value is -2.69. The van der Waals surface area contributed by atoms with E-state index < -0.39 is 6.04 Å². The molecule has 2 aromatic carbocycles. The minimum absolute atomic E-state index is 0.0482. The molecule has 0 heterocycles. The number of carbonyl (C=O) groups is 2. The minimum atomic E-state index is -0.702. The lowest BCUT2D eigenvalue weighted by Gasteiger charge is -2.29. The molecule has 0 saturated carbocycles. The number of nitrogens with one attached hydrogen (secondary N) is 1. The Kier molecular flexibility index (Phi) is 7.94. The molecule has 0 aliphatic carbocycles. The third-order valence-electron chi connectivity index (χ3n) is 4.79. The Balaban J connectivity index is 2.26. The smallest absolute Gasteiger partial charge is 0.242 e. The highest BCUT2D eigenvalue weighted by atomic mass is 19.1. The third kappa shape index (κ3) is 6.70. The molecular weight excluding hydrogens is 367 g/mol. The van der Waals surface area contributed by atoms with E-state index in [1.807, 2.05) is 45.9 Å². The van der Waals surface area contributed by atoms with Gasteiger partial charge in [-0.05, 0) is 38.3 Å². The highest BCUT2D eigenvalue weighted by molar-refractivity contribution is 5.88. The van der Waals surface area contributed by atoms with E-state index in [4.69, 9.17) is 0 Å². The average molecular weight is 399 g/mol. The Morgan fingerprint density at radius 3 is 2.24 bits per heavy atom. The molecule has 0 fully saturated rings. The predicted molar refractivity (Wildman–Crippen MR) is 114 cm³/mol. The number of hydrogen-bond acceptors (Lipinski definition) is 2. The second-order valence-corrected chi connectivity index (χ2v) is 8.10. The number of hydrogen-bond donors (Lipinski definition) is 1. The van der Waals surface area contributed by atoms with Crippen LogP contribution in [-0.4, -0.2) is 29.3 Å². The molecule has 0 spiro atoms. The van der Waals surface area contributed by atoms with Gasteiger partial charge in [0.1, 0.15) is 11.9 Å². The van der Waals surface area contributed by atoms with Crippen LogP contribution in [-0.2, 0) is 22.6 Å². The lowest BCUT2D eigenvalue weighted by atomic mass is 10.0. The van der Waals surface area contributed by atoms with E-state index in [9.17, 15) is 14.0 Å². The second kappa shape index (κ2) is 10.2. The standard InChI is InChI=1S/C24H31FN2O2/c1-16(2)14-26-24(29)19(5)27(15-21-8-6-7-9-22(21)25)23(28)13-20-11-17(3)10-18(4)12-20/h6-12,16,19H,13-15H2,1-5H3,(H,26,29)/t19-/m0/s1.